The van der Waals surface area contributed by atoms with Crippen molar-refractivity contribution in [3.63, 3.8) is 0 Å². The van der Waals surface area contributed by atoms with E-state index in [1.54, 1.807) is 42.2 Å². The highest BCUT2D eigenvalue weighted by molar-refractivity contribution is 6.32. The van der Waals surface area contributed by atoms with E-state index in [0.29, 0.717) is 21.7 Å². The van der Waals surface area contributed by atoms with Crippen molar-refractivity contribution < 1.29 is 0 Å². The number of hydrogen-bond donors (Lipinski definition) is 0. The van der Waals surface area contributed by atoms with Crippen LogP contribution in [0.2, 0.25) is 10.2 Å². The molecule has 0 saturated heterocycles. The lowest BCUT2D eigenvalue weighted by Gasteiger charge is -2.12. The molecule has 3 heterocycles. The van der Waals surface area contributed by atoms with Crippen molar-refractivity contribution in [2.24, 2.45) is 7.05 Å². The highest BCUT2D eigenvalue weighted by Crippen LogP contribution is 2.28. The Balaban J connectivity index is 2.29. The Morgan fingerprint density at radius 1 is 1.13 bits per heavy atom. The SMILES string of the molecule is Cn1cc2c(n1)c(=O)n(-c1cccnc1Cl)c1cc(Cl)ccc21. The van der Waals surface area contributed by atoms with Gasteiger partial charge in [-0.1, -0.05) is 29.3 Å². The fraction of sp³-hybridized carbons (Fsp3) is 0.0625. The first-order valence-corrected chi connectivity index (χ1v) is 7.60. The van der Waals surface area contributed by atoms with Crippen LogP contribution in [0.1, 0.15) is 0 Å². The first kappa shape index (κ1) is 14.2. The van der Waals surface area contributed by atoms with Gasteiger partial charge in [0.2, 0.25) is 0 Å². The van der Waals surface area contributed by atoms with Gasteiger partial charge < -0.3 is 0 Å². The molecule has 0 amide bonds. The molecule has 0 saturated carbocycles. The fourth-order valence-corrected chi connectivity index (χ4v) is 3.13. The number of hydrogen-bond acceptors (Lipinski definition) is 3. The highest BCUT2D eigenvalue weighted by atomic mass is 35.5. The molecular weight excluding hydrogens is 335 g/mol. The third kappa shape index (κ3) is 2.12. The molecule has 0 aliphatic rings. The van der Waals surface area contributed by atoms with Crippen LogP contribution < -0.4 is 5.56 Å². The molecule has 0 aliphatic carbocycles. The number of halogens is 2. The van der Waals surface area contributed by atoms with E-state index >= 15 is 0 Å². The van der Waals surface area contributed by atoms with Crippen molar-refractivity contribution in [2.45, 2.75) is 0 Å². The maximum atomic E-state index is 13.0. The van der Waals surface area contributed by atoms with Gasteiger partial charge in [-0.05, 0) is 24.3 Å². The smallest absolute Gasteiger partial charge is 0.274 e. The summed E-state index contributed by atoms with van der Waals surface area (Å²) in [6.07, 6.45) is 3.40. The quantitative estimate of drug-likeness (QED) is 0.496. The zero-order valence-corrected chi connectivity index (χ0v) is 13.5. The van der Waals surface area contributed by atoms with Crippen molar-refractivity contribution >= 4 is 45.0 Å². The molecule has 0 atom stereocenters. The number of aromatic nitrogens is 4. The van der Waals surface area contributed by atoms with E-state index in [9.17, 15) is 4.79 Å². The summed E-state index contributed by atoms with van der Waals surface area (Å²) in [5.74, 6) is 0. The van der Waals surface area contributed by atoms with Crippen LogP contribution in [0.5, 0.6) is 0 Å². The van der Waals surface area contributed by atoms with Gasteiger partial charge in [-0.25, -0.2) is 4.98 Å². The fourth-order valence-electron chi connectivity index (χ4n) is 2.76. The molecule has 0 fully saturated rings. The molecule has 0 aliphatic heterocycles. The minimum absolute atomic E-state index is 0.242. The van der Waals surface area contributed by atoms with Gasteiger partial charge in [0, 0.05) is 35.2 Å². The summed E-state index contributed by atoms with van der Waals surface area (Å²) in [5.41, 5.74) is 1.28. The van der Waals surface area contributed by atoms with Crippen LogP contribution in [-0.2, 0) is 7.05 Å². The van der Waals surface area contributed by atoms with Gasteiger partial charge in [-0.15, -0.1) is 0 Å². The maximum Gasteiger partial charge on any atom is 0.284 e. The monoisotopic (exact) mass is 344 g/mol. The second-order valence-corrected chi connectivity index (χ2v) is 5.97. The Hall–Kier alpha value is -2.37. The van der Waals surface area contributed by atoms with Crippen LogP contribution in [0.25, 0.3) is 27.5 Å². The summed E-state index contributed by atoms with van der Waals surface area (Å²) >= 11 is 12.3. The summed E-state index contributed by atoms with van der Waals surface area (Å²) in [6.45, 7) is 0. The normalized spacial score (nSPS) is 11.4. The molecule has 0 N–H and O–H groups in total. The third-order valence-corrected chi connectivity index (χ3v) is 4.23. The van der Waals surface area contributed by atoms with E-state index in [4.69, 9.17) is 23.2 Å². The van der Waals surface area contributed by atoms with Gasteiger partial charge >= 0.3 is 0 Å². The maximum absolute atomic E-state index is 13.0. The van der Waals surface area contributed by atoms with Gasteiger partial charge in [0.25, 0.3) is 5.56 Å². The third-order valence-electron chi connectivity index (χ3n) is 3.71. The molecule has 114 valence electrons. The van der Waals surface area contributed by atoms with Crippen LogP contribution >= 0.6 is 23.2 Å². The van der Waals surface area contributed by atoms with E-state index in [-0.39, 0.29) is 10.7 Å². The topological polar surface area (TPSA) is 52.7 Å². The van der Waals surface area contributed by atoms with E-state index in [1.807, 2.05) is 12.3 Å². The lowest BCUT2D eigenvalue weighted by molar-refractivity contribution is 0.777. The predicted octanol–water partition coefficient (Wildman–Crippen LogP) is 3.58. The highest BCUT2D eigenvalue weighted by Gasteiger charge is 2.17. The van der Waals surface area contributed by atoms with E-state index in [0.717, 1.165) is 10.8 Å². The van der Waals surface area contributed by atoms with Crippen molar-refractivity contribution in [2.75, 3.05) is 0 Å². The van der Waals surface area contributed by atoms with Crippen molar-refractivity contribution in [1.82, 2.24) is 19.3 Å². The first-order chi connectivity index (χ1) is 11.1. The summed E-state index contributed by atoms with van der Waals surface area (Å²) in [6, 6.07) is 8.88. The van der Waals surface area contributed by atoms with Gasteiger partial charge in [0.15, 0.2) is 10.7 Å². The average molecular weight is 345 g/mol. The minimum Gasteiger partial charge on any atom is -0.274 e. The Bertz CT molecular complexity index is 1130. The number of pyridine rings is 2. The molecule has 0 bridgehead atoms. The number of nitrogens with zero attached hydrogens (tertiary/aromatic N) is 4. The molecule has 5 nitrogen and oxygen atoms in total. The van der Waals surface area contributed by atoms with Crippen molar-refractivity contribution in [1.29, 1.82) is 0 Å². The van der Waals surface area contributed by atoms with Crippen LogP contribution in [0.4, 0.5) is 0 Å². The lowest BCUT2D eigenvalue weighted by atomic mass is 10.1. The number of rotatable bonds is 1. The number of fused-ring (bicyclic) bond motifs is 3. The van der Waals surface area contributed by atoms with Gasteiger partial charge in [0.05, 0.1) is 11.2 Å². The molecule has 0 unspecified atom stereocenters. The van der Waals surface area contributed by atoms with Crippen LogP contribution in [-0.4, -0.2) is 19.3 Å². The Morgan fingerprint density at radius 2 is 1.96 bits per heavy atom. The summed E-state index contributed by atoms with van der Waals surface area (Å²) < 4.78 is 3.13. The van der Waals surface area contributed by atoms with Gasteiger partial charge in [-0.2, -0.15) is 5.10 Å². The molecule has 0 radical (unpaired) electrons. The standard InChI is InChI=1S/C16H10Cl2N4O/c1-21-8-11-10-5-4-9(17)7-13(10)22(16(23)14(11)20-21)12-3-2-6-19-15(12)18/h2-8H,1H3. The molecule has 1 aromatic carbocycles. The van der Waals surface area contributed by atoms with Crippen molar-refractivity contribution in [3.05, 3.63) is 63.3 Å². The average Bonchev–Trinajstić information content (AvgIpc) is 2.91. The molecular formula is C16H10Cl2N4O. The van der Waals surface area contributed by atoms with E-state index < -0.39 is 0 Å². The molecule has 4 rings (SSSR count). The van der Waals surface area contributed by atoms with E-state index in [2.05, 4.69) is 10.1 Å². The van der Waals surface area contributed by atoms with Crippen LogP contribution in [0, 0.1) is 0 Å². The van der Waals surface area contributed by atoms with E-state index in [1.165, 1.54) is 4.57 Å². The number of aryl methyl sites for hydroxylation is 1. The summed E-state index contributed by atoms with van der Waals surface area (Å²) in [5, 5.41) is 6.72. The molecule has 7 heteroatoms. The molecule has 23 heavy (non-hydrogen) atoms. The zero-order chi connectivity index (χ0) is 16.1. The molecule has 4 aromatic rings. The van der Waals surface area contributed by atoms with Gasteiger partial charge in [0.1, 0.15) is 0 Å². The minimum atomic E-state index is -0.259. The van der Waals surface area contributed by atoms with Crippen molar-refractivity contribution in [3.8, 4) is 5.69 Å². The molecule has 0 spiro atoms. The van der Waals surface area contributed by atoms with Crippen LogP contribution in [0.15, 0.2) is 47.5 Å². The Morgan fingerprint density at radius 3 is 2.74 bits per heavy atom. The lowest BCUT2D eigenvalue weighted by Crippen LogP contribution is -2.20. The Kier molecular flexibility index (Phi) is 3.14. The molecule has 3 aromatic heterocycles. The number of benzene rings is 1. The Labute approximate surface area is 140 Å². The second kappa shape index (κ2) is 5.08. The van der Waals surface area contributed by atoms with Gasteiger partial charge in [-0.3, -0.25) is 14.0 Å². The first-order valence-electron chi connectivity index (χ1n) is 6.85. The largest absolute Gasteiger partial charge is 0.284 e. The summed E-state index contributed by atoms with van der Waals surface area (Å²) in [4.78, 5) is 17.0. The summed E-state index contributed by atoms with van der Waals surface area (Å²) in [7, 11) is 1.78. The second-order valence-electron chi connectivity index (χ2n) is 5.18. The zero-order valence-electron chi connectivity index (χ0n) is 12.0. The van der Waals surface area contributed by atoms with Crippen LogP contribution in [0.3, 0.4) is 0 Å². The predicted molar refractivity (Wildman–Crippen MR) is 91.6 cm³/mol.